The number of hydrogen-bond donors (Lipinski definition) is 1. The zero-order valence-electron chi connectivity index (χ0n) is 25.4. The number of ether oxygens (including phenoxy) is 2. The fourth-order valence-corrected chi connectivity index (χ4v) is 5.45. The van der Waals surface area contributed by atoms with Gasteiger partial charge in [0.05, 0.1) is 18.8 Å². The van der Waals surface area contributed by atoms with Crippen LogP contribution in [0.4, 0.5) is 31.4 Å². The van der Waals surface area contributed by atoms with Gasteiger partial charge in [-0.25, -0.2) is 23.5 Å². The summed E-state index contributed by atoms with van der Waals surface area (Å²) in [7, 11) is 0. The number of rotatable bonds is 6. The summed E-state index contributed by atoms with van der Waals surface area (Å²) >= 11 is 0. The van der Waals surface area contributed by atoms with Gasteiger partial charge in [0.2, 0.25) is 23.8 Å². The highest BCUT2D eigenvalue weighted by Gasteiger charge is 2.31. The van der Waals surface area contributed by atoms with Gasteiger partial charge in [-0.2, -0.15) is 15.0 Å². The number of morpholine rings is 1. The predicted molar refractivity (Wildman–Crippen MR) is 157 cm³/mol. The first-order valence-corrected chi connectivity index (χ1v) is 15.0. The van der Waals surface area contributed by atoms with Crippen LogP contribution in [0.3, 0.4) is 0 Å². The number of nitrogens with two attached hydrogens (primary N) is 1. The van der Waals surface area contributed by atoms with Crippen LogP contribution in [0.5, 0.6) is 0 Å². The van der Waals surface area contributed by atoms with E-state index in [4.69, 9.17) is 15.2 Å². The van der Waals surface area contributed by atoms with E-state index in [9.17, 15) is 18.4 Å². The van der Waals surface area contributed by atoms with Gasteiger partial charge in [0.25, 0.3) is 6.43 Å². The van der Waals surface area contributed by atoms with Crippen LogP contribution < -0.4 is 15.5 Å². The van der Waals surface area contributed by atoms with Crippen LogP contribution in [-0.4, -0.2) is 118 Å². The molecule has 2 aromatic rings. The number of halogens is 2. The second-order valence-electron chi connectivity index (χ2n) is 12.2. The van der Waals surface area contributed by atoms with Crippen LogP contribution in [0, 0.1) is 5.92 Å². The Bertz CT molecular complexity index is 1320. The quantitative estimate of drug-likeness (QED) is 0.505. The number of nitrogens with zero attached hydrogens (tertiary/aromatic N) is 9. The van der Waals surface area contributed by atoms with E-state index < -0.39 is 17.7 Å². The van der Waals surface area contributed by atoms with E-state index in [1.165, 1.54) is 6.20 Å². The maximum atomic E-state index is 13.9. The van der Waals surface area contributed by atoms with Crippen molar-refractivity contribution in [1.82, 2.24) is 34.7 Å². The van der Waals surface area contributed by atoms with E-state index in [2.05, 4.69) is 24.9 Å². The Hall–Kier alpha value is -3.95. The topological polar surface area (TPSA) is 156 Å². The Morgan fingerprint density at radius 3 is 2.14 bits per heavy atom. The molecular weight excluding hydrogens is 578 g/mol. The monoisotopic (exact) mass is 618 g/mol. The van der Waals surface area contributed by atoms with E-state index in [1.807, 2.05) is 35.5 Å². The molecule has 2 aromatic heterocycles. The number of piperidine rings is 1. The normalized spacial score (nSPS) is 18.6. The molecule has 0 spiro atoms. The summed E-state index contributed by atoms with van der Waals surface area (Å²) < 4.78 is 38.7. The number of piperazine rings is 1. The molecule has 2 N–H and O–H groups in total. The first-order valence-electron chi connectivity index (χ1n) is 15.0. The lowest BCUT2D eigenvalue weighted by Crippen LogP contribution is -2.50. The summed E-state index contributed by atoms with van der Waals surface area (Å²) in [6, 6.07) is 0. The molecule has 2 amide bonds. The molecule has 240 valence electrons. The summed E-state index contributed by atoms with van der Waals surface area (Å²) in [5.74, 6) is 0.722. The van der Waals surface area contributed by atoms with Crippen LogP contribution in [0.1, 0.15) is 52.2 Å². The van der Waals surface area contributed by atoms with Crippen molar-refractivity contribution < 1.29 is 27.8 Å². The van der Waals surface area contributed by atoms with Gasteiger partial charge in [-0.15, -0.1) is 0 Å². The lowest BCUT2D eigenvalue weighted by Gasteiger charge is -2.37. The van der Waals surface area contributed by atoms with Crippen molar-refractivity contribution in [3.05, 3.63) is 11.9 Å². The molecule has 3 aliphatic rings. The van der Waals surface area contributed by atoms with E-state index >= 15 is 0 Å². The minimum absolute atomic E-state index is 0.0149. The van der Waals surface area contributed by atoms with Gasteiger partial charge in [-0.05, 0) is 39.5 Å². The summed E-state index contributed by atoms with van der Waals surface area (Å²) in [6.07, 6.45) is -0.0862. The van der Waals surface area contributed by atoms with E-state index in [-0.39, 0.29) is 35.3 Å². The molecule has 3 saturated heterocycles. The van der Waals surface area contributed by atoms with Gasteiger partial charge in [-0.3, -0.25) is 4.79 Å². The van der Waals surface area contributed by atoms with Crippen LogP contribution in [-0.2, 0) is 14.3 Å². The second kappa shape index (κ2) is 13.4. The number of amides is 2. The van der Waals surface area contributed by atoms with E-state index in [0.29, 0.717) is 83.9 Å². The third-order valence-corrected chi connectivity index (χ3v) is 7.83. The predicted octanol–water partition coefficient (Wildman–Crippen LogP) is 2.37. The standard InChI is InChI=1S/C28H40F2N10O4/c1-28(2,3)44-27(42)40-6-4-18(5-7-40)16-20(41)37-8-10-38(11-9-37)25-34-23(19-17-32-24(31)33-21(19)22(29)30)35-26(36-25)39-12-14-43-15-13-39/h17-18,22H,4-16H2,1-3H3,(H2,31,32,33). The largest absolute Gasteiger partial charge is 0.444 e. The molecule has 0 bridgehead atoms. The third-order valence-electron chi connectivity index (χ3n) is 7.83. The Morgan fingerprint density at radius 1 is 0.932 bits per heavy atom. The molecule has 0 aromatic carbocycles. The van der Waals surface area contributed by atoms with Gasteiger partial charge in [0, 0.05) is 65.0 Å². The zero-order chi connectivity index (χ0) is 31.4. The maximum absolute atomic E-state index is 13.9. The second-order valence-corrected chi connectivity index (χ2v) is 12.2. The molecule has 5 rings (SSSR count). The molecule has 0 saturated carbocycles. The molecule has 0 atom stereocenters. The molecule has 0 aliphatic carbocycles. The van der Waals surface area contributed by atoms with Crippen LogP contribution in [0.15, 0.2) is 6.20 Å². The van der Waals surface area contributed by atoms with Gasteiger partial charge in [0.1, 0.15) is 11.3 Å². The highest BCUT2D eigenvalue weighted by molar-refractivity contribution is 5.77. The number of alkyl halides is 2. The Morgan fingerprint density at radius 2 is 1.55 bits per heavy atom. The molecule has 5 heterocycles. The van der Waals surface area contributed by atoms with Crippen molar-refractivity contribution in [2.75, 3.05) is 81.1 Å². The molecule has 3 aliphatic heterocycles. The minimum atomic E-state index is -2.90. The van der Waals surface area contributed by atoms with Crippen molar-refractivity contribution in [2.24, 2.45) is 5.92 Å². The Kier molecular flexibility index (Phi) is 9.56. The van der Waals surface area contributed by atoms with Gasteiger partial charge in [0.15, 0.2) is 5.82 Å². The number of likely N-dealkylation sites (tertiary alicyclic amines) is 1. The van der Waals surface area contributed by atoms with Crippen LogP contribution in [0.2, 0.25) is 0 Å². The number of anilines is 3. The van der Waals surface area contributed by atoms with Gasteiger partial charge < -0.3 is 34.8 Å². The maximum Gasteiger partial charge on any atom is 0.410 e. The number of carbonyl (C=O) groups excluding carboxylic acids is 2. The highest BCUT2D eigenvalue weighted by Crippen LogP contribution is 2.30. The zero-order valence-corrected chi connectivity index (χ0v) is 25.4. The average molecular weight is 619 g/mol. The van der Waals surface area contributed by atoms with E-state index in [0.717, 1.165) is 12.8 Å². The summed E-state index contributed by atoms with van der Waals surface area (Å²) in [6.45, 7) is 10.6. The third kappa shape index (κ3) is 7.76. The van der Waals surface area contributed by atoms with Crippen molar-refractivity contribution in [3.8, 4) is 11.4 Å². The lowest BCUT2D eigenvalue weighted by molar-refractivity contribution is -0.132. The summed E-state index contributed by atoms with van der Waals surface area (Å²) in [5, 5.41) is 0. The van der Waals surface area contributed by atoms with Crippen molar-refractivity contribution in [2.45, 2.75) is 52.1 Å². The Balaban J connectivity index is 1.24. The smallest absolute Gasteiger partial charge is 0.410 e. The molecule has 16 heteroatoms. The van der Waals surface area contributed by atoms with Gasteiger partial charge in [-0.1, -0.05) is 0 Å². The minimum Gasteiger partial charge on any atom is -0.444 e. The molecule has 44 heavy (non-hydrogen) atoms. The highest BCUT2D eigenvalue weighted by atomic mass is 19.3. The SMILES string of the molecule is CC(C)(C)OC(=O)N1CCC(CC(=O)N2CCN(c3nc(-c4cnc(N)nc4C(F)F)nc(N4CCOCC4)n3)CC2)CC1. The summed E-state index contributed by atoms with van der Waals surface area (Å²) in [5.41, 5.74) is 4.47. The van der Waals surface area contributed by atoms with Crippen LogP contribution in [0.25, 0.3) is 11.4 Å². The Labute approximate surface area is 254 Å². The number of nitrogen functional groups attached to an aromatic ring is 1. The number of carbonyl (C=O) groups is 2. The summed E-state index contributed by atoms with van der Waals surface area (Å²) in [4.78, 5) is 54.3. The van der Waals surface area contributed by atoms with Crippen molar-refractivity contribution >= 4 is 29.8 Å². The molecule has 3 fully saturated rings. The lowest BCUT2D eigenvalue weighted by atomic mass is 9.93. The fourth-order valence-electron chi connectivity index (χ4n) is 5.45. The molecule has 0 radical (unpaired) electrons. The molecule has 0 unspecified atom stereocenters. The molecular formula is C28H40F2N10O4. The number of aromatic nitrogens is 5. The first-order chi connectivity index (χ1) is 21.0. The fraction of sp³-hybridized carbons (Fsp3) is 0.679. The van der Waals surface area contributed by atoms with E-state index in [1.54, 1.807) is 4.90 Å². The average Bonchev–Trinajstić information content (AvgIpc) is 3.00. The van der Waals surface area contributed by atoms with Crippen molar-refractivity contribution in [1.29, 1.82) is 0 Å². The number of hydrogen-bond acceptors (Lipinski definition) is 12. The molecule has 14 nitrogen and oxygen atoms in total. The van der Waals surface area contributed by atoms with Gasteiger partial charge >= 0.3 is 6.09 Å². The first kappa shape index (κ1) is 31.5. The van der Waals surface area contributed by atoms with Crippen molar-refractivity contribution in [3.63, 3.8) is 0 Å². The van der Waals surface area contributed by atoms with Crippen LogP contribution >= 0.6 is 0 Å².